The predicted octanol–water partition coefficient (Wildman–Crippen LogP) is 2.55. The van der Waals surface area contributed by atoms with Gasteiger partial charge in [0.1, 0.15) is 17.9 Å². The molecule has 2 aromatic carbocycles. The number of carbonyl (C=O) groups is 3. The van der Waals surface area contributed by atoms with Crippen LogP contribution in [0.2, 0.25) is 0 Å². The van der Waals surface area contributed by atoms with Gasteiger partial charge in [0.2, 0.25) is 11.8 Å². The van der Waals surface area contributed by atoms with E-state index in [1.165, 1.54) is 26.2 Å². The lowest BCUT2D eigenvalue weighted by atomic mass is 10.0. The van der Waals surface area contributed by atoms with Crippen molar-refractivity contribution in [2.75, 3.05) is 7.11 Å². The Kier molecular flexibility index (Phi) is 9.00. The van der Waals surface area contributed by atoms with E-state index in [9.17, 15) is 18.8 Å². The third-order valence-corrected chi connectivity index (χ3v) is 4.65. The molecule has 0 saturated carbocycles. The molecule has 2 aromatic rings. The van der Waals surface area contributed by atoms with Crippen molar-refractivity contribution in [1.29, 1.82) is 0 Å². The molecule has 0 radical (unpaired) electrons. The van der Waals surface area contributed by atoms with Gasteiger partial charge < -0.3 is 15.4 Å². The lowest BCUT2D eigenvalue weighted by Crippen LogP contribution is -2.52. The van der Waals surface area contributed by atoms with E-state index in [0.717, 1.165) is 12.0 Å². The van der Waals surface area contributed by atoms with E-state index in [2.05, 4.69) is 10.6 Å². The molecule has 2 atom stereocenters. The molecule has 0 aromatic heterocycles. The first-order chi connectivity index (χ1) is 14.4. The number of halogens is 1. The Balaban J connectivity index is 2.02. The second-order valence-corrected chi connectivity index (χ2v) is 7.05. The second-order valence-electron chi connectivity index (χ2n) is 7.05. The van der Waals surface area contributed by atoms with Crippen LogP contribution in [0.25, 0.3) is 0 Å². The maximum Gasteiger partial charge on any atom is 0.328 e. The number of ether oxygens (including phenoxy) is 1. The summed E-state index contributed by atoms with van der Waals surface area (Å²) in [5.41, 5.74) is 1.82. The standard InChI is InChI=1S/C23H27FN2O4/c1-16(27)25-21(15-18-11-13-19(24)14-12-18)22(28)26-20(23(29)30-2)10-6-9-17-7-4-3-5-8-17/h3-5,7-8,11-14,20-21H,6,9-10,15H2,1-2H3,(H,25,27)(H,26,28)/t20-,21+/m1/s1. The maximum absolute atomic E-state index is 13.1. The van der Waals surface area contributed by atoms with Crippen LogP contribution in [0.15, 0.2) is 54.6 Å². The average molecular weight is 414 g/mol. The Morgan fingerprint density at radius 1 is 0.933 bits per heavy atom. The van der Waals surface area contributed by atoms with Crippen LogP contribution in [0.4, 0.5) is 4.39 Å². The Morgan fingerprint density at radius 2 is 1.60 bits per heavy atom. The Morgan fingerprint density at radius 3 is 2.20 bits per heavy atom. The molecule has 0 bridgehead atoms. The first-order valence-corrected chi connectivity index (χ1v) is 9.82. The van der Waals surface area contributed by atoms with Gasteiger partial charge in [0, 0.05) is 13.3 Å². The summed E-state index contributed by atoms with van der Waals surface area (Å²) >= 11 is 0. The highest BCUT2D eigenvalue weighted by Crippen LogP contribution is 2.10. The smallest absolute Gasteiger partial charge is 0.328 e. The van der Waals surface area contributed by atoms with Crippen LogP contribution >= 0.6 is 0 Å². The molecule has 0 aliphatic heterocycles. The molecule has 160 valence electrons. The summed E-state index contributed by atoms with van der Waals surface area (Å²) in [7, 11) is 1.27. The molecule has 0 aliphatic carbocycles. The number of esters is 1. The van der Waals surface area contributed by atoms with Gasteiger partial charge in [0.15, 0.2) is 0 Å². The Labute approximate surface area is 175 Å². The molecule has 0 spiro atoms. The van der Waals surface area contributed by atoms with E-state index in [-0.39, 0.29) is 18.1 Å². The number of methoxy groups -OCH3 is 1. The van der Waals surface area contributed by atoms with Crippen molar-refractivity contribution in [3.63, 3.8) is 0 Å². The van der Waals surface area contributed by atoms with E-state index in [4.69, 9.17) is 4.74 Å². The normalized spacial score (nSPS) is 12.5. The molecule has 0 unspecified atom stereocenters. The van der Waals surface area contributed by atoms with Crippen LogP contribution in [0.3, 0.4) is 0 Å². The van der Waals surface area contributed by atoms with Crippen LogP contribution in [0.5, 0.6) is 0 Å². The summed E-state index contributed by atoms with van der Waals surface area (Å²) in [5, 5.41) is 5.28. The van der Waals surface area contributed by atoms with Crippen molar-refractivity contribution in [3.05, 3.63) is 71.5 Å². The summed E-state index contributed by atoms with van der Waals surface area (Å²) in [4.78, 5) is 36.5. The van der Waals surface area contributed by atoms with Gasteiger partial charge in [-0.1, -0.05) is 42.5 Å². The molecule has 0 heterocycles. The Bertz CT molecular complexity index is 840. The molecular formula is C23H27FN2O4. The fraction of sp³-hybridized carbons (Fsp3) is 0.348. The average Bonchev–Trinajstić information content (AvgIpc) is 2.74. The predicted molar refractivity (Wildman–Crippen MR) is 111 cm³/mol. The zero-order valence-corrected chi connectivity index (χ0v) is 17.2. The molecule has 30 heavy (non-hydrogen) atoms. The van der Waals surface area contributed by atoms with Gasteiger partial charge in [-0.15, -0.1) is 0 Å². The van der Waals surface area contributed by atoms with E-state index < -0.39 is 24.0 Å². The number of hydrogen-bond donors (Lipinski definition) is 2. The van der Waals surface area contributed by atoms with Gasteiger partial charge in [0.05, 0.1) is 7.11 Å². The molecule has 0 aliphatic rings. The number of carbonyl (C=O) groups excluding carboxylic acids is 3. The fourth-order valence-electron chi connectivity index (χ4n) is 3.13. The van der Waals surface area contributed by atoms with Crippen LogP contribution < -0.4 is 10.6 Å². The number of aryl methyl sites for hydroxylation is 1. The summed E-state index contributed by atoms with van der Waals surface area (Å²) in [6, 6.07) is 13.8. The van der Waals surface area contributed by atoms with E-state index in [1.807, 2.05) is 30.3 Å². The van der Waals surface area contributed by atoms with Crippen molar-refractivity contribution in [2.24, 2.45) is 0 Å². The lowest BCUT2D eigenvalue weighted by molar-refractivity contribution is -0.145. The number of rotatable bonds is 10. The van der Waals surface area contributed by atoms with E-state index in [1.54, 1.807) is 12.1 Å². The first-order valence-electron chi connectivity index (χ1n) is 9.82. The molecule has 0 fully saturated rings. The minimum atomic E-state index is -0.894. The highest BCUT2D eigenvalue weighted by molar-refractivity contribution is 5.90. The zero-order valence-electron chi connectivity index (χ0n) is 17.2. The van der Waals surface area contributed by atoms with Crippen molar-refractivity contribution in [2.45, 2.75) is 44.7 Å². The van der Waals surface area contributed by atoms with Crippen molar-refractivity contribution >= 4 is 17.8 Å². The molecule has 0 saturated heterocycles. The van der Waals surface area contributed by atoms with Gasteiger partial charge in [-0.2, -0.15) is 0 Å². The van der Waals surface area contributed by atoms with E-state index in [0.29, 0.717) is 18.4 Å². The molecule has 7 heteroatoms. The highest BCUT2D eigenvalue weighted by Gasteiger charge is 2.26. The fourth-order valence-corrected chi connectivity index (χ4v) is 3.13. The molecule has 6 nitrogen and oxygen atoms in total. The zero-order chi connectivity index (χ0) is 21.9. The second kappa shape index (κ2) is 11.7. The van der Waals surface area contributed by atoms with E-state index >= 15 is 0 Å². The third kappa shape index (κ3) is 7.66. The SMILES string of the molecule is COC(=O)[C@@H](CCCc1ccccc1)NC(=O)[C@H](Cc1ccc(F)cc1)NC(C)=O. The van der Waals surface area contributed by atoms with Crippen LogP contribution in [0.1, 0.15) is 30.9 Å². The van der Waals surface area contributed by atoms with Crippen LogP contribution in [-0.2, 0) is 32.0 Å². The number of hydrogen-bond acceptors (Lipinski definition) is 4. The van der Waals surface area contributed by atoms with Crippen molar-refractivity contribution in [1.82, 2.24) is 10.6 Å². The monoisotopic (exact) mass is 414 g/mol. The summed E-state index contributed by atoms with van der Waals surface area (Å²) in [6.07, 6.45) is 2.00. The Hall–Kier alpha value is -3.22. The number of nitrogens with one attached hydrogen (secondary N) is 2. The quantitative estimate of drug-likeness (QED) is 0.585. The lowest BCUT2D eigenvalue weighted by Gasteiger charge is -2.22. The van der Waals surface area contributed by atoms with Gasteiger partial charge in [0.25, 0.3) is 0 Å². The minimum absolute atomic E-state index is 0.170. The largest absolute Gasteiger partial charge is 0.467 e. The van der Waals surface area contributed by atoms with Crippen LogP contribution in [-0.4, -0.2) is 37.0 Å². The van der Waals surface area contributed by atoms with Crippen molar-refractivity contribution in [3.8, 4) is 0 Å². The maximum atomic E-state index is 13.1. The van der Waals surface area contributed by atoms with Gasteiger partial charge in [-0.25, -0.2) is 9.18 Å². The molecule has 2 amide bonds. The topological polar surface area (TPSA) is 84.5 Å². The highest BCUT2D eigenvalue weighted by atomic mass is 19.1. The molecule has 2 N–H and O–H groups in total. The summed E-state index contributed by atoms with van der Waals surface area (Å²) in [6.45, 7) is 1.31. The first kappa shape index (κ1) is 23.1. The number of amides is 2. The minimum Gasteiger partial charge on any atom is -0.467 e. The number of benzene rings is 2. The van der Waals surface area contributed by atoms with Gasteiger partial charge in [-0.05, 0) is 42.5 Å². The van der Waals surface area contributed by atoms with Gasteiger partial charge >= 0.3 is 5.97 Å². The van der Waals surface area contributed by atoms with Crippen molar-refractivity contribution < 1.29 is 23.5 Å². The van der Waals surface area contributed by atoms with Gasteiger partial charge in [-0.3, -0.25) is 9.59 Å². The molecular weight excluding hydrogens is 387 g/mol. The van der Waals surface area contributed by atoms with Crippen LogP contribution in [0, 0.1) is 5.82 Å². The summed E-state index contributed by atoms with van der Waals surface area (Å²) < 4.78 is 18.0. The molecule has 2 rings (SSSR count). The third-order valence-electron chi connectivity index (χ3n) is 4.65. The summed E-state index contributed by atoms with van der Waals surface area (Å²) in [5.74, 6) is -1.80.